The van der Waals surface area contributed by atoms with Gasteiger partial charge in [-0.3, -0.25) is 0 Å². The smallest absolute Gasteiger partial charge is 0.166 e. The summed E-state index contributed by atoms with van der Waals surface area (Å²) in [6.45, 7) is 2.10. The molecular formula is C18H23NO3. The largest absolute Gasteiger partial charge is 0.493 e. The van der Waals surface area contributed by atoms with Crippen LogP contribution in [0.15, 0.2) is 24.3 Å². The quantitative estimate of drug-likeness (QED) is 0.805. The van der Waals surface area contributed by atoms with Crippen LogP contribution in [0, 0.1) is 0 Å². The first kappa shape index (κ1) is 14.1. The van der Waals surface area contributed by atoms with Crippen molar-refractivity contribution >= 4 is 0 Å². The summed E-state index contributed by atoms with van der Waals surface area (Å²) in [7, 11) is 3.87. The van der Waals surface area contributed by atoms with Gasteiger partial charge >= 0.3 is 0 Å². The molecule has 1 spiro atoms. The van der Waals surface area contributed by atoms with E-state index in [9.17, 15) is 5.11 Å². The minimum Gasteiger partial charge on any atom is -0.493 e. The van der Waals surface area contributed by atoms with Gasteiger partial charge in [-0.25, -0.2) is 0 Å². The Morgan fingerprint density at radius 1 is 1.36 bits per heavy atom. The number of methoxy groups -OCH3 is 1. The molecule has 0 bridgehead atoms. The fraction of sp³-hybridized carbons (Fsp3) is 0.556. The number of nitrogens with zero attached hydrogens (tertiary/aromatic N) is 1. The molecule has 1 N–H and O–H groups in total. The van der Waals surface area contributed by atoms with Crippen molar-refractivity contribution in [2.45, 2.75) is 36.9 Å². The lowest BCUT2D eigenvalue weighted by molar-refractivity contribution is 0.0801. The van der Waals surface area contributed by atoms with E-state index in [4.69, 9.17) is 9.47 Å². The number of hydrogen-bond donors (Lipinski definition) is 1. The number of rotatable bonds is 1. The SMILES string of the molecule is COc1ccc2c3c1OC1C[C@@H](O)C=C[C@@]31CCN(C)CC2. The van der Waals surface area contributed by atoms with E-state index in [0.717, 1.165) is 37.4 Å². The van der Waals surface area contributed by atoms with Gasteiger partial charge in [0.2, 0.25) is 0 Å². The molecule has 1 unspecified atom stereocenters. The van der Waals surface area contributed by atoms with E-state index in [2.05, 4.69) is 24.1 Å². The first-order chi connectivity index (χ1) is 10.6. The van der Waals surface area contributed by atoms with Crippen LogP contribution in [-0.2, 0) is 11.8 Å². The number of aliphatic hydroxyl groups is 1. The van der Waals surface area contributed by atoms with Gasteiger partial charge in [-0.05, 0) is 38.1 Å². The van der Waals surface area contributed by atoms with Crippen molar-refractivity contribution in [1.82, 2.24) is 4.90 Å². The van der Waals surface area contributed by atoms with E-state index in [1.54, 1.807) is 7.11 Å². The first-order valence-corrected chi connectivity index (χ1v) is 8.07. The molecular weight excluding hydrogens is 278 g/mol. The lowest BCUT2D eigenvalue weighted by Gasteiger charge is -2.39. The molecule has 0 amide bonds. The Balaban J connectivity index is 1.93. The van der Waals surface area contributed by atoms with E-state index in [1.807, 2.05) is 12.1 Å². The van der Waals surface area contributed by atoms with E-state index in [0.29, 0.717) is 6.42 Å². The molecule has 0 saturated heterocycles. The highest BCUT2D eigenvalue weighted by Crippen LogP contribution is 2.55. The van der Waals surface area contributed by atoms with Gasteiger partial charge in [0.25, 0.3) is 0 Å². The second kappa shape index (κ2) is 5.00. The highest BCUT2D eigenvalue weighted by molar-refractivity contribution is 5.60. The van der Waals surface area contributed by atoms with Crippen molar-refractivity contribution in [3.05, 3.63) is 35.4 Å². The first-order valence-electron chi connectivity index (χ1n) is 8.07. The lowest BCUT2D eigenvalue weighted by Crippen LogP contribution is -2.45. The molecule has 4 heteroatoms. The fourth-order valence-electron chi connectivity index (χ4n) is 4.21. The zero-order chi connectivity index (χ0) is 15.3. The van der Waals surface area contributed by atoms with Crippen molar-refractivity contribution in [2.75, 3.05) is 27.2 Å². The van der Waals surface area contributed by atoms with Crippen molar-refractivity contribution in [3.63, 3.8) is 0 Å². The molecule has 3 atom stereocenters. The van der Waals surface area contributed by atoms with Gasteiger partial charge in [-0.1, -0.05) is 18.2 Å². The molecule has 22 heavy (non-hydrogen) atoms. The minimum absolute atomic E-state index is 0.00375. The van der Waals surface area contributed by atoms with Crippen LogP contribution in [0.4, 0.5) is 0 Å². The van der Waals surface area contributed by atoms with Gasteiger partial charge in [0.05, 0.1) is 18.6 Å². The Bertz CT molecular complexity index is 627. The van der Waals surface area contributed by atoms with E-state index in [-0.39, 0.29) is 11.5 Å². The third-order valence-electron chi connectivity index (χ3n) is 5.47. The second-order valence-corrected chi connectivity index (χ2v) is 6.74. The van der Waals surface area contributed by atoms with Crippen molar-refractivity contribution < 1.29 is 14.6 Å². The molecule has 2 aliphatic heterocycles. The van der Waals surface area contributed by atoms with Gasteiger partial charge in [-0.15, -0.1) is 0 Å². The van der Waals surface area contributed by atoms with Gasteiger partial charge in [-0.2, -0.15) is 0 Å². The third-order valence-corrected chi connectivity index (χ3v) is 5.47. The third kappa shape index (κ3) is 1.90. The second-order valence-electron chi connectivity index (χ2n) is 6.74. The van der Waals surface area contributed by atoms with Gasteiger partial charge in [0.1, 0.15) is 6.10 Å². The van der Waals surface area contributed by atoms with Gasteiger partial charge < -0.3 is 19.5 Å². The highest BCUT2D eigenvalue weighted by Gasteiger charge is 2.52. The van der Waals surface area contributed by atoms with Crippen molar-refractivity contribution in [3.8, 4) is 11.5 Å². The summed E-state index contributed by atoms with van der Waals surface area (Å²) in [5, 5.41) is 10.0. The summed E-state index contributed by atoms with van der Waals surface area (Å²) < 4.78 is 11.8. The molecule has 4 nitrogen and oxygen atoms in total. The Morgan fingerprint density at radius 3 is 3.05 bits per heavy atom. The molecule has 0 radical (unpaired) electrons. The number of hydrogen-bond acceptors (Lipinski definition) is 4. The Labute approximate surface area is 131 Å². The van der Waals surface area contributed by atoms with Crippen LogP contribution in [0.25, 0.3) is 0 Å². The monoisotopic (exact) mass is 301 g/mol. The lowest BCUT2D eigenvalue weighted by atomic mass is 9.67. The standard InChI is InChI=1S/C18H23NO3/c1-19-9-6-12-3-4-14(21-2)17-16(12)18(8-10-19)7-5-13(20)11-15(18)22-17/h3-5,7,13,15,20H,6,8-11H2,1-2H3/t13-,15?,18-/m0/s1. The fourth-order valence-corrected chi connectivity index (χ4v) is 4.21. The molecule has 4 rings (SSSR count). The normalized spacial score (nSPS) is 33.4. The molecule has 2 heterocycles. The van der Waals surface area contributed by atoms with Crippen molar-refractivity contribution in [1.29, 1.82) is 0 Å². The van der Waals surface area contributed by atoms with Crippen LogP contribution < -0.4 is 9.47 Å². The molecule has 3 aliphatic rings. The molecule has 0 saturated carbocycles. The number of likely N-dealkylation sites (N-methyl/N-ethyl adjacent to an activating group) is 1. The van der Waals surface area contributed by atoms with Gasteiger partial charge in [0.15, 0.2) is 11.5 Å². The highest BCUT2D eigenvalue weighted by atomic mass is 16.5. The summed E-state index contributed by atoms with van der Waals surface area (Å²) in [6.07, 6.45) is 6.42. The van der Waals surface area contributed by atoms with Crippen LogP contribution in [0.5, 0.6) is 11.5 Å². The number of benzene rings is 1. The van der Waals surface area contributed by atoms with E-state index >= 15 is 0 Å². The molecule has 1 aromatic carbocycles. The van der Waals surface area contributed by atoms with E-state index in [1.165, 1.54) is 11.1 Å². The average Bonchev–Trinajstić information content (AvgIpc) is 2.84. The van der Waals surface area contributed by atoms with E-state index < -0.39 is 6.10 Å². The average molecular weight is 301 g/mol. The summed E-state index contributed by atoms with van der Waals surface area (Å²) in [5.41, 5.74) is 2.53. The molecule has 0 aromatic heterocycles. The topological polar surface area (TPSA) is 41.9 Å². The summed E-state index contributed by atoms with van der Waals surface area (Å²) in [4.78, 5) is 2.38. The Kier molecular flexibility index (Phi) is 3.20. The predicted octanol–water partition coefficient (Wildman–Crippen LogP) is 1.89. The Hall–Kier alpha value is -1.52. The number of aliphatic hydroxyl groups excluding tert-OH is 1. The molecule has 1 aliphatic carbocycles. The maximum Gasteiger partial charge on any atom is 0.166 e. The molecule has 0 fully saturated rings. The summed E-state index contributed by atoms with van der Waals surface area (Å²) in [6, 6.07) is 4.20. The molecule has 1 aromatic rings. The van der Waals surface area contributed by atoms with Crippen molar-refractivity contribution in [2.24, 2.45) is 0 Å². The maximum absolute atomic E-state index is 10.0. The zero-order valence-corrected chi connectivity index (χ0v) is 13.2. The molecule has 118 valence electrons. The van der Waals surface area contributed by atoms with Crippen LogP contribution >= 0.6 is 0 Å². The van der Waals surface area contributed by atoms with Crippen LogP contribution in [0.3, 0.4) is 0 Å². The van der Waals surface area contributed by atoms with Crippen LogP contribution in [0.1, 0.15) is 24.0 Å². The Morgan fingerprint density at radius 2 is 2.23 bits per heavy atom. The maximum atomic E-state index is 10.0. The summed E-state index contributed by atoms with van der Waals surface area (Å²) >= 11 is 0. The summed E-state index contributed by atoms with van der Waals surface area (Å²) in [5.74, 6) is 1.71. The van der Waals surface area contributed by atoms with Crippen LogP contribution in [0.2, 0.25) is 0 Å². The minimum atomic E-state index is -0.414. The van der Waals surface area contributed by atoms with Gasteiger partial charge in [0, 0.05) is 18.5 Å². The zero-order valence-electron chi connectivity index (χ0n) is 13.2. The predicted molar refractivity (Wildman–Crippen MR) is 84.7 cm³/mol. The number of ether oxygens (including phenoxy) is 2. The van der Waals surface area contributed by atoms with Crippen LogP contribution in [-0.4, -0.2) is 49.5 Å².